The van der Waals surface area contributed by atoms with E-state index in [4.69, 9.17) is 5.73 Å². The van der Waals surface area contributed by atoms with Gasteiger partial charge in [-0.25, -0.2) is 4.98 Å². The van der Waals surface area contributed by atoms with Crippen LogP contribution in [0.1, 0.15) is 42.5 Å². The average Bonchev–Trinajstić information content (AvgIpc) is 3.07. The summed E-state index contributed by atoms with van der Waals surface area (Å²) in [5.74, 6) is 1.45. The molecule has 2 aromatic heterocycles. The zero-order valence-electron chi connectivity index (χ0n) is 14.0. The van der Waals surface area contributed by atoms with Crippen molar-refractivity contribution in [2.75, 3.05) is 5.32 Å². The molecule has 0 saturated heterocycles. The molecule has 6 atom stereocenters. The first-order chi connectivity index (χ1) is 12.0. The van der Waals surface area contributed by atoms with Gasteiger partial charge >= 0.3 is 0 Å². The Kier molecular flexibility index (Phi) is 2.36. The van der Waals surface area contributed by atoms with Crippen LogP contribution >= 0.6 is 0 Å². The lowest BCUT2D eigenvalue weighted by molar-refractivity contribution is -0.134. The zero-order valence-corrected chi connectivity index (χ0v) is 14.0. The molecule has 3 unspecified atom stereocenters. The van der Waals surface area contributed by atoms with Crippen molar-refractivity contribution >= 4 is 22.6 Å². The molecule has 5 N–H and O–H groups in total. The third kappa shape index (κ3) is 1.68. The maximum Gasteiger partial charge on any atom is 0.252 e. The van der Waals surface area contributed by atoms with Crippen LogP contribution in [0, 0.1) is 23.2 Å². The van der Waals surface area contributed by atoms with Crippen molar-refractivity contribution in [1.29, 1.82) is 0 Å². The number of rotatable bonds is 3. The highest BCUT2D eigenvalue weighted by Gasteiger charge is 2.74. The van der Waals surface area contributed by atoms with Crippen LogP contribution in [0.15, 0.2) is 18.5 Å². The molecule has 0 aromatic carbocycles. The number of nitrogens with one attached hydrogen (secondary N) is 2. The number of hydrogen-bond acceptors (Lipinski definition) is 4. The number of nitrogens with two attached hydrogens (primary N) is 1. The second-order valence-corrected chi connectivity index (χ2v) is 8.88. The molecule has 6 heteroatoms. The first-order valence-electron chi connectivity index (χ1n) is 9.24. The van der Waals surface area contributed by atoms with Crippen molar-refractivity contribution in [3.05, 3.63) is 24.0 Å². The van der Waals surface area contributed by atoms with E-state index >= 15 is 0 Å². The van der Waals surface area contributed by atoms with E-state index in [0.717, 1.165) is 41.9 Å². The summed E-state index contributed by atoms with van der Waals surface area (Å²) in [5.41, 5.74) is 7.40. The minimum Gasteiger partial charge on any atom is -0.390 e. The number of pyridine rings is 1. The molecule has 6 nitrogen and oxygen atoms in total. The van der Waals surface area contributed by atoms with Gasteiger partial charge in [-0.05, 0) is 61.3 Å². The summed E-state index contributed by atoms with van der Waals surface area (Å²) in [6.07, 6.45) is 8.58. The van der Waals surface area contributed by atoms with Crippen molar-refractivity contribution < 1.29 is 9.90 Å². The van der Waals surface area contributed by atoms with E-state index in [-0.39, 0.29) is 5.41 Å². The number of nitrogens with zero attached hydrogens (tertiary/aromatic N) is 1. The third-order valence-electron chi connectivity index (χ3n) is 7.54. The summed E-state index contributed by atoms with van der Waals surface area (Å²) in [7, 11) is 0. The number of aliphatic hydroxyl groups is 1. The third-order valence-corrected chi connectivity index (χ3v) is 7.54. The molecule has 4 bridgehead atoms. The lowest BCUT2D eigenvalue weighted by Crippen LogP contribution is -2.60. The molecule has 2 heterocycles. The number of carbonyl (C=O) groups is 1. The fraction of sp³-hybridized carbons (Fsp3) is 0.579. The van der Waals surface area contributed by atoms with E-state index in [1.54, 1.807) is 6.20 Å². The molecular formula is C19H22N4O2. The summed E-state index contributed by atoms with van der Waals surface area (Å²) < 4.78 is 0. The van der Waals surface area contributed by atoms with E-state index in [1.165, 1.54) is 12.8 Å². The van der Waals surface area contributed by atoms with Gasteiger partial charge in [0.05, 0.1) is 16.9 Å². The molecule has 130 valence electrons. The molecule has 2 aromatic rings. The molecule has 5 saturated carbocycles. The van der Waals surface area contributed by atoms with Gasteiger partial charge in [0.25, 0.3) is 5.91 Å². The predicted octanol–water partition coefficient (Wildman–Crippen LogP) is 2.01. The molecule has 1 amide bonds. The maximum atomic E-state index is 12.0. The van der Waals surface area contributed by atoms with Gasteiger partial charge in [-0.1, -0.05) is 0 Å². The van der Waals surface area contributed by atoms with Gasteiger partial charge in [0, 0.05) is 23.8 Å². The molecule has 5 aliphatic rings. The lowest BCUT2D eigenvalue weighted by atomic mass is 9.52. The van der Waals surface area contributed by atoms with Crippen LogP contribution in [-0.2, 0) is 0 Å². The standard InChI is InChI=1S/C19H22N4O2/c20-16(24)12-7-22-17-11(1-2-21-17)14(12)23-15-10-3-9-4-18(25,5-10)8-19(15)6-13(9)19/h1-2,7,9-10,13,15,25H,3-6,8H2,(H2,20,24)(H2,21,22,23)/t9?,10-,13?,15-,18-,19?/m0/s1. The number of carbonyl (C=O) groups excluding carboxylic acids is 1. The Bertz CT molecular complexity index is 923. The summed E-state index contributed by atoms with van der Waals surface area (Å²) in [4.78, 5) is 19.4. The Morgan fingerprint density at radius 3 is 3.04 bits per heavy atom. The van der Waals surface area contributed by atoms with E-state index < -0.39 is 11.5 Å². The summed E-state index contributed by atoms with van der Waals surface area (Å²) >= 11 is 0. The smallest absolute Gasteiger partial charge is 0.252 e. The number of amides is 1. The van der Waals surface area contributed by atoms with Crippen LogP contribution in [0.25, 0.3) is 11.0 Å². The van der Waals surface area contributed by atoms with E-state index in [0.29, 0.717) is 23.4 Å². The fourth-order valence-electron chi connectivity index (χ4n) is 6.83. The number of fused-ring (bicyclic) bond motifs is 1. The van der Waals surface area contributed by atoms with Gasteiger partial charge in [-0.3, -0.25) is 4.79 Å². The number of primary amides is 1. The minimum atomic E-state index is -0.453. The topological polar surface area (TPSA) is 104 Å². The summed E-state index contributed by atoms with van der Waals surface area (Å²) in [6.45, 7) is 0. The molecule has 25 heavy (non-hydrogen) atoms. The molecule has 5 fully saturated rings. The van der Waals surface area contributed by atoms with Crippen molar-refractivity contribution in [2.45, 2.75) is 43.7 Å². The Morgan fingerprint density at radius 1 is 1.36 bits per heavy atom. The van der Waals surface area contributed by atoms with Crippen molar-refractivity contribution in [2.24, 2.45) is 28.9 Å². The second kappa shape index (κ2) is 4.18. The molecular weight excluding hydrogens is 316 g/mol. The first-order valence-corrected chi connectivity index (χ1v) is 9.24. The normalized spacial score (nSPS) is 43.2. The predicted molar refractivity (Wildman–Crippen MR) is 93.0 cm³/mol. The van der Waals surface area contributed by atoms with Crippen LogP contribution in [0.3, 0.4) is 0 Å². The molecule has 0 radical (unpaired) electrons. The zero-order chi connectivity index (χ0) is 17.0. The number of aromatic amines is 1. The Balaban J connectivity index is 1.45. The fourth-order valence-corrected chi connectivity index (χ4v) is 6.83. The van der Waals surface area contributed by atoms with Crippen molar-refractivity contribution in [3.8, 4) is 0 Å². The number of hydrogen-bond donors (Lipinski definition) is 4. The van der Waals surface area contributed by atoms with Gasteiger partial charge in [0.15, 0.2) is 0 Å². The highest BCUT2D eigenvalue weighted by molar-refractivity contribution is 6.06. The monoisotopic (exact) mass is 338 g/mol. The number of H-pyrrole nitrogens is 1. The van der Waals surface area contributed by atoms with Crippen LogP contribution in [-0.4, -0.2) is 32.6 Å². The Hall–Kier alpha value is -2.08. The van der Waals surface area contributed by atoms with Gasteiger partial charge in [0.2, 0.25) is 0 Å². The summed E-state index contributed by atoms with van der Waals surface area (Å²) in [5, 5.41) is 15.6. The Morgan fingerprint density at radius 2 is 2.20 bits per heavy atom. The van der Waals surface area contributed by atoms with Gasteiger partial charge in [-0.15, -0.1) is 0 Å². The quantitative estimate of drug-likeness (QED) is 0.687. The van der Waals surface area contributed by atoms with Gasteiger partial charge in [0.1, 0.15) is 5.65 Å². The van der Waals surface area contributed by atoms with Crippen molar-refractivity contribution in [1.82, 2.24) is 9.97 Å². The lowest BCUT2D eigenvalue weighted by Gasteiger charge is -2.58. The van der Waals surface area contributed by atoms with Crippen LogP contribution in [0.2, 0.25) is 0 Å². The summed E-state index contributed by atoms with van der Waals surface area (Å²) in [6, 6.07) is 2.26. The van der Waals surface area contributed by atoms with Gasteiger partial charge < -0.3 is 21.1 Å². The molecule has 1 spiro atoms. The number of aromatic nitrogens is 2. The average molecular weight is 338 g/mol. The Labute approximate surface area is 145 Å². The van der Waals surface area contributed by atoms with E-state index in [2.05, 4.69) is 15.3 Å². The first kappa shape index (κ1) is 14.1. The number of anilines is 1. The highest BCUT2D eigenvalue weighted by Crippen LogP contribution is 2.76. The van der Waals surface area contributed by atoms with Gasteiger partial charge in [-0.2, -0.15) is 0 Å². The molecule has 7 rings (SSSR count). The van der Waals surface area contributed by atoms with E-state index in [9.17, 15) is 9.90 Å². The second-order valence-electron chi connectivity index (χ2n) is 8.88. The molecule has 5 aliphatic carbocycles. The van der Waals surface area contributed by atoms with Crippen LogP contribution in [0.4, 0.5) is 5.69 Å². The van der Waals surface area contributed by atoms with Crippen LogP contribution in [0.5, 0.6) is 0 Å². The van der Waals surface area contributed by atoms with E-state index in [1.807, 2.05) is 12.3 Å². The van der Waals surface area contributed by atoms with Crippen molar-refractivity contribution in [3.63, 3.8) is 0 Å². The highest BCUT2D eigenvalue weighted by atomic mass is 16.3. The SMILES string of the molecule is NC(=O)c1cnc2[nH]ccc2c1N[C@H]1[C@H]2CC3C[C@](O)(C2)CC12CC32. The van der Waals surface area contributed by atoms with Crippen LogP contribution < -0.4 is 11.1 Å². The largest absolute Gasteiger partial charge is 0.390 e. The minimum absolute atomic E-state index is 0.208. The maximum absolute atomic E-state index is 12.0. The molecule has 0 aliphatic heterocycles.